The molecule has 0 fully saturated rings. The van der Waals surface area contributed by atoms with Crippen LogP contribution in [-0.4, -0.2) is 49.2 Å². The molecule has 0 spiro atoms. The molecule has 0 aliphatic rings. The Labute approximate surface area is 80.9 Å². The molecule has 0 aromatic carbocycles. The Kier molecular flexibility index (Phi) is 5.18. The quantitative estimate of drug-likeness (QED) is 0.626. The molecule has 78 valence electrons. The van der Waals surface area contributed by atoms with Crippen LogP contribution in [0.15, 0.2) is 0 Å². The van der Waals surface area contributed by atoms with Crippen molar-refractivity contribution in [3.8, 4) is 0 Å². The van der Waals surface area contributed by atoms with Crippen molar-refractivity contribution in [1.29, 1.82) is 0 Å². The van der Waals surface area contributed by atoms with Crippen LogP contribution in [0.3, 0.4) is 0 Å². The van der Waals surface area contributed by atoms with Gasteiger partial charge in [-0.25, -0.2) is 0 Å². The third kappa shape index (κ3) is 6.72. The van der Waals surface area contributed by atoms with Gasteiger partial charge < -0.3 is 9.59 Å². The molecule has 0 bridgehead atoms. The number of ketones is 1. The highest BCUT2D eigenvalue weighted by Crippen LogP contribution is 2.02. The van der Waals surface area contributed by atoms with E-state index in [-0.39, 0.29) is 5.78 Å². The minimum absolute atomic E-state index is 0.0186. The van der Waals surface area contributed by atoms with Crippen LogP contribution in [-0.2, 0) is 4.79 Å². The molecule has 0 aliphatic carbocycles. The molecule has 0 saturated heterocycles. The first-order valence-corrected chi connectivity index (χ1v) is 4.88. The van der Waals surface area contributed by atoms with Crippen molar-refractivity contribution in [2.24, 2.45) is 0 Å². The van der Waals surface area contributed by atoms with Crippen molar-refractivity contribution < 1.29 is 14.4 Å². The molecule has 3 heteroatoms. The van der Waals surface area contributed by atoms with E-state index in [1.807, 2.05) is 28.1 Å². The molecular formula is C10H22NO2+. The van der Waals surface area contributed by atoms with E-state index in [2.05, 4.69) is 0 Å². The van der Waals surface area contributed by atoms with Gasteiger partial charge in [0, 0.05) is 6.42 Å². The Morgan fingerprint density at radius 3 is 2.31 bits per heavy atom. The lowest BCUT2D eigenvalue weighted by Gasteiger charge is -2.26. The maximum atomic E-state index is 11.3. The zero-order chi connectivity index (χ0) is 10.5. The van der Waals surface area contributed by atoms with Gasteiger partial charge in [0.05, 0.1) is 21.1 Å². The number of hydrogen-bond donors (Lipinski definition) is 1. The highest BCUT2D eigenvalue weighted by atomic mass is 16.3. The summed E-state index contributed by atoms with van der Waals surface area (Å²) in [6, 6.07) is 0. The Morgan fingerprint density at radius 1 is 1.38 bits per heavy atom. The summed E-state index contributed by atoms with van der Waals surface area (Å²) in [4.78, 5) is 11.3. The van der Waals surface area contributed by atoms with Crippen LogP contribution < -0.4 is 0 Å². The summed E-state index contributed by atoms with van der Waals surface area (Å²) in [5.41, 5.74) is 0. The molecule has 1 N–H and O–H groups in total. The second kappa shape index (κ2) is 5.35. The average Bonchev–Trinajstić information content (AvgIpc) is 1.96. The van der Waals surface area contributed by atoms with Gasteiger partial charge in [-0.15, -0.1) is 0 Å². The van der Waals surface area contributed by atoms with Gasteiger partial charge in [0.2, 0.25) is 0 Å². The number of unbranched alkanes of at least 4 members (excludes halogenated alkanes) is 1. The number of rotatable bonds is 6. The number of nitrogens with zero attached hydrogens (tertiary/aromatic N) is 1. The van der Waals surface area contributed by atoms with Gasteiger partial charge in [-0.2, -0.15) is 0 Å². The zero-order valence-corrected chi connectivity index (χ0v) is 9.21. The third-order valence-corrected chi connectivity index (χ3v) is 1.87. The molecule has 0 amide bonds. The molecule has 0 saturated carbocycles. The lowest BCUT2D eigenvalue weighted by Crippen LogP contribution is -2.44. The van der Waals surface area contributed by atoms with Crippen LogP contribution in [0.25, 0.3) is 0 Å². The first-order valence-electron chi connectivity index (χ1n) is 4.88. The molecule has 3 nitrogen and oxygen atoms in total. The molecule has 0 radical (unpaired) electrons. The van der Waals surface area contributed by atoms with E-state index >= 15 is 0 Å². The number of aliphatic hydroxyl groups is 1. The smallest absolute Gasteiger partial charge is 0.167 e. The maximum absolute atomic E-state index is 11.3. The SMILES string of the molecule is CCCCC(=O)C(O)C[N+](C)(C)C. The average molecular weight is 188 g/mol. The van der Waals surface area contributed by atoms with E-state index in [1.165, 1.54) is 0 Å². The van der Waals surface area contributed by atoms with Crippen LogP contribution in [0.4, 0.5) is 0 Å². The van der Waals surface area contributed by atoms with Crippen molar-refractivity contribution in [2.45, 2.75) is 32.3 Å². The summed E-state index contributed by atoms with van der Waals surface area (Å²) in [6.07, 6.45) is 1.61. The van der Waals surface area contributed by atoms with E-state index in [0.717, 1.165) is 12.8 Å². The third-order valence-electron chi connectivity index (χ3n) is 1.87. The summed E-state index contributed by atoms with van der Waals surface area (Å²) in [5.74, 6) is -0.0186. The van der Waals surface area contributed by atoms with Crippen molar-refractivity contribution in [3.63, 3.8) is 0 Å². The fourth-order valence-corrected chi connectivity index (χ4v) is 1.14. The van der Waals surface area contributed by atoms with Crippen LogP contribution >= 0.6 is 0 Å². The maximum Gasteiger partial charge on any atom is 0.167 e. The fourth-order valence-electron chi connectivity index (χ4n) is 1.14. The normalized spacial score (nSPS) is 14.2. The Balaban J connectivity index is 3.83. The summed E-state index contributed by atoms with van der Waals surface area (Å²) in [6.45, 7) is 2.54. The van der Waals surface area contributed by atoms with Gasteiger partial charge in [-0.1, -0.05) is 13.3 Å². The summed E-state index contributed by atoms with van der Waals surface area (Å²) in [5, 5.41) is 9.51. The number of likely N-dealkylation sites (N-methyl/N-ethyl adjacent to an activating group) is 1. The number of aliphatic hydroxyl groups excluding tert-OH is 1. The summed E-state index contributed by atoms with van der Waals surface area (Å²) < 4.78 is 0.624. The number of Topliss-reactive ketones (excluding diaryl/α,β-unsaturated/α-hetero) is 1. The van der Waals surface area contributed by atoms with E-state index < -0.39 is 6.10 Å². The zero-order valence-electron chi connectivity index (χ0n) is 9.21. The minimum atomic E-state index is -0.786. The minimum Gasteiger partial charge on any atom is -0.380 e. The van der Waals surface area contributed by atoms with Gasteiger partial charge >= 0.3 is 0 Å². The van der Waals surface area contributed by atoms with Crippen LogP contribution in [0.1, 0.15) is 26.2 Å². The molecule has 0 heterocycles. The number of quaternary nitrogens is 1. The van der Waals surface area contributed by atoms with Gasteiger partial charge in [-0.05, 0) is 6.42 Å². The van der Waals surface area contributed by atoms with Crippen molar-refractivity contribution in [1.82, 2.24) is 0 Å². The molecule has 0 rings (SSSR count). The van der Waals surface area contributed by atoms with Crippen molar-refractivity contribution >= 4 is 5.78 Å². The molecular weight excluding hydrogens is 166 g/mol. The first-order chi connectivity index (χ1) is 5.87. The fraction of sp³-hybridized carbons (Fsp3) is 0.900. The second-order valence-electron chi connectivity index (χ2n) is 4.56. The van der Waals surface area contributed by atoms with Gasteiger partial charge in [0.25, 0.3) is 0 Å². The lowest BCUT2D eigenvalue weighted by atomic mass is 10.1. The first kappa shape index (κ1) is 12.6. The molecule has 1 atom stereocenters. The Bertz CT molecular complexity index is 161. The summed E-state index contributed by atoms with van der Waals surface area (Å²) >= 11 is 0. The largest absolute Gasteiger partial charge is 0.380 e. The van der Waals surface area contributed by atoms with Crippen molar-refractivity contribution in [2.75, 3.05) is 27.7 Å². The van der Waals surface area contributed by atoms with E-state index in [9.17, 15) is 9.90 Å². The molecule has 1 unspecified atom stereocenters. The molecule has 0 aromatic heterocycles. The topological polar surface area (TPSA) is 37.3 Å². The highest BCUT2D eigenvalue weighted by Gasteiger charge is 2.21. The molecule has 0 aromatic rings. The van der Waals surface area contributed by atoms with E-state index in [4.69, 9.17) is 0 Å². The Hall–Kier alpha value is -0.410. The Morgan fingerprint density at radius 2 is 1.92 bits per heavy atom. The van der Waals surface area contributed by atoms with Crippen molar-refractivity contribution in [3.05, 3.63) is 0 Å². The number of carbonyl (C=O) groups excluding carboxylic acids is 1. The van der Waals surface area contributed by atoms with Crippen LogP contribution in [0.2, 0.25) is 0 Å². The highest BCUT2D eigenvalue weighted by molar-refractivity contribution is 5.82. The van der Waals surface area contributed by atoms with Crippen LogP contribution in [0.5, 0.6) is 0 Å². The van der Waals surface area contributed by atoms with Gasteiger partial charge in [-0.3, -0.25) is 4.79 Å². The molecule has 13 heavy (non-hydrogen) atoms. The van der Waals surface area contributed by atoms with Gasteiger partial charge in [0.1, 0.15) is 6.54 Å². The van der Waals surface area contributed by atoms with E-state index in [0.29, 0.717) is 17.4 Å². The predicted molar refractivity (Wildman–Crippen MR) is 53.4 cm³/mol. The predicted octanol–water partition coefficient (Wildman–Crippen LogP) is 0.813. The number of hydrogen-bond acceptors (Lipinski definition) is 2. The van der Waals surface area contributed by atoms with Crippen LogP contribution in [0, 0.1) is 0 Å². The summed E-state index contributed by atoms with van der Waals surface area (Å²) in [7, 11) is 5.91. The monoisotopic (exact) mass is 188 g/mol. The second-order valence-corrected chi connectivity index (χ2v) is 4.56. The standard InChI is InChI=1S/C10H22NO2/c1-5-6-7-9(12)10(13)8-11(2,3)4/h10,13H,5-8H2,1-4H3/q+1. The van der Waals surface area contributed by atoms with Gasteiger partial charge in [0.15, 0.2) is 11.9 Å². The molecule has 0 aliphatic heterocycles. The number of carbonyl (C=O) groups is 1. The lowest BCUT2D eigenvalue weighted by molar-refractivity contribution is -0.872. The van der Waals surface area contributed by atoms with E-state index in [1.54, 1.807) is 0 Å².